The van der Waals surface area contributed by atoms with Crippen LogP contribution in [0.25, 0.3) is 0 Å². The van der Waals surface area contributed by atoms with Gasteiger partial charge < -0.3 is 0 Å². The third-order valence-corrected chi connectivity index (χ3v) is 3.69. The molecule has 0 N–H and O–H groups in total. The van der Waals surface area contributed by atoms with E-state index in [2.05, 4.69) is 37.3 Å². The molecule has 0 unspecified atom stereocenters. The number of halogens is 1. The molecule has 1 fully saturated rings. The van der Waals surface area contributed by atoms with Crippen molar-refractivity contribution in [3.05, 3.63) is 34.5 Å². The van der Waals surface area contributed by atoms with Gasteiger partial charge in [-0.25, -0.2) is 0 Å². The van der Waals surface area contributed by atoms with E-state index in [1.54, 1.807) is 0 Å². The van der Waals surface area contributed by atoms with Crippen molar-refractivity contribution in [2.45, 2.75) is 59.9 Å². The first-order valence-electron chi connectivity index (χ1n) is 7.64. The number of hydrogen-bond donors (Lipinski definition) is 0. The highest BCUT2D eigenvalue weighted by Gasteiger charge is 2.23. The van der Waals surface area contributed by atoms with Gasteiger partial charge in [0.25, 0.3) is 0 Å². The van der Waals surface area contributed by atoms with E-state index in [0.717, 1.165) is 29.3 Å². The number of nitrogens with zero attached hydrogens (tertiary/aromatic N) is 2. The lowest BCUT2D eigenvalue weighted by molar-refractivity contribution is 0.817. The molecule has 0 spiro atoms. The van der Waals surface area contributed by atoms with Crippen LogP contribution in [0, 0.1) is 5.92 Å². The molecule has 2 nitrogen and oxygen atoms in total. The van der Waals surface area contributed by atoms with Gasteiger partial charge in [-0.1, -0.05) is 29.8 Å². The van der Waals surface area contributed by atoms with Crippen molar-refractivity contribution in [3.63, 3.8) is 0 Å². The molecule has 0 aliphatic heterocycles. The molecular weight excluding hydrogens is 280 g/mol. The standard InChI is InChI=1S/C18H27ClN2/c1-7-17(19)18(21-13(4)5)16(11-20-12(2)3)14(6)10-15-8-9-15/h7,11-12,15H,4,8-10H2,1-3,5-6H3/b16-14-,17-7+,20-11?,21-18?. The van der Waals surface area contributed by atoms with Crippen molar-refractivity contribution < 1.29 is 0 Å². The van der Waals surface area contributed by atoms with Crippen molar-refractivity contribution in [3.8, 4) is 0 Å². The largest absolute Gasteiger partial charge is 0.290 e. The third kappa shape index (κ3) is 6.43. The average Bonchev–Trinajstić information content (AvgIpc) is 3.19. The van der Waals surface area contributed by atoms with Crippen LogP contribution in [0.3, 0.4) is 0 Å². The van der Waals surface area contributed by atoms with Crippen LogP contribution in [-0.4, -0.2) is 18.0 Å². The van der Waals surface area contributed by atoms with Gasteiger partial charge in [-0.3, -0.25) is 9.98 Å². The van der Waals surface area contributed by atoms with Crippen molar-refractivity contribution in [1.29, 1.82) is 0 Å². The van der Waals surface area contributed by atoms with Crippen LogP contribution in [-0.2, 0) is 0 Å². The van der Waals surface area contributed by atoms with Gasteiger partial charge in [0.1, 0.15) is 0 Å². The van der Waals surface area contributed by atoms with Crippen LogP contribution < -0.4 is 0 Å². The summed E-state index contributed by atoms with van der Waals surface area (Å²) < 4.78 is 0. The molecule has 0 radical (unpaired) electrons. The highest BCUT2D eigenvalue weighted by atomic mass is 35.5. The summed E-state index contributed by atoms with van der Waals surface area (Å²) in [5, 5.41) is 0.651. The minimum absolute atomic E-state index is 0.254. The summed E-state index contributed by atoms with van der Waals surface area (Å²) in [6.07, 6.45) is 7.56. The monoisotopic (exact) mass is 306 g/mol. The van der Waals surface area contributed by atoms with Crippen molar-refractivity contribution in [2.75, 3.05) is 0 Å². The molecule has 0 aromatic heterocycles. The summed E-state index contributed by atoms with van der Waals surface area (Å²) in [5.41, 5.74) is 3.89. The fourth-order valence-electron chi connectivity index (χ4n) is 2.03. The summed E-state index contributed by atoms with van der Waals surface area (Å²) in [6, 6.07) is 0.254. The van der Waals surface area contributed by atoms with Gasteiger partial charge >= 0.3 is 0 Å². The first kappa shape index (κ1) is 17.9. The minimum atomic E-state index is 0.254. The third-order valence-electron chi connectivity index (χ3n) is 3.29. The first-order valence-corrected chi connectivity index (χ1v) is 8.02. The Labute approximate surface area is 134 Å². The number of hydrogen-bond acceptors (Lipinski definition) is 2. The fraction of sp³-hybridized carbons (Fsp3) is 0.556. The molecule has 0 aromatic carbocycles. The summed E-state index contributed by atoms with van der Waals surface area (Å²) >= 11 is 6.38. The summed E-state index contributed by atoms with van der Waals surface area (Å²) in [7, 11) is 0. The maximum Gasteiger partial charge on any atom is 0.0902 e. The lowest BCUT2D eigenvalue weighted by Crippen LogP contribution is -2.09. The maximum atomic E-state index is 6.38. The molecule has 0 aromatic rings. The van der Waals surface area contributed by atoms with E-state index in [9.17, 15) is 0 Å². The summed E-state index contributed by atoms with van der Waals surface area (Å²) in [6.45, 7) is 14.0. The average molecular weight is 307 g/mol. The summed E-state index contributed by atoms with van der Waals surface area (Å²) in [5.74, 6) is 0.822. The van der Waals surface area contributed by atoms with Gasteiger partial charge in [-0.2, -0.15) is 0 Å². The Morgan fingerprint density at radius 2 is 1.95 bits per heavy atom. The molecule has 0 saturated heterocycles. The van der Waals surface area contributed by atoms with E-state index in [1.165, 1.54) is 18.4 Å². The second-order valence-corrected chi connectivity index (χ2v) is 6.45. The van der Waals surface area contributed by atoms with E-state index in [0.29, 0.717) is 5.03 Å². The zero-order valence-corrected chi connectivity index (χ0v) is 14.7. The lowest BCUT2D eigenvalue weighted by Gasteiger charge is -2.12. The first-order chi connectivity index (χ1) is 9.85. The van der Waals surface area contributed by atoms with Crippen molar-refractivity contribution in [2.24, 2.45) is 15.9 Å². The predicted octanol–water partition coefficient (Wildman–Crippen LogP) is 5.70. The molecule has 3 heteroatoms. The molecule has 0 bridgehead atoms. The molecule has 0 amide bonds. The van der Waals surface area contributed by atoms with E-state index in [-0.39, 0.29) is 6.04 Å². The van der Waals surface area contributed by atoms with Crippen LogP contribution >= 0.6 is 11.6 Å². The van der Waals surface area contributed by atoms with Gasteiger partial charge in [0.2, 0.25) is 0 Å². The Bertz CT molecular complexity index is 503. The molecule has 1 saturated carbocycles. The van der Waals surface area contributed by atoms with Gasteiger partial charge in [-0.15, -0.1) is 0 Å². The Morgan fingerprint density at radius 1 is 1.33 bits per heavy atom. The molecule has 0 atom stereocenters. The van der Waals surface area contributed by atoms with Crippen LogP contribution in [0.4, 0.5) is 0 Å². The quantitative estimate of drug-likeness (QED) is 0.539. The van der Waals surface area contributed by atoms with Crippen LogP contribution in [0.1, 0.15) is 53.9 Å². The number of rotatable bonds is 7. The molecular formula is C18H27ClN2. The number of allylic oxidation sites excluding steroid dienone is 5. The van der Waals surface area contributed by atoms with Gasteiger partial charge in [0.05, 0.1) is 10.7 Å². The molecule has 1 rings (SSSR count). The fourth-order valence-corrected chi connectivity index (χ4v) is 2.18. The van der Waals surface area contributed by atoms with E-state index >= 15 is 0 Å². The Morgan fingerprint density at radius 3 is 2.38 bits per heavy atom. The number of aliphatic imine (C=N–C) groups is 2. The van der Waals surface area contributed by atoms with Crippen molar-refractivity contribution >= 4 is 23.5 Å². The smallest absolute Gasteiger partial charge is 0.0902 e. The summed E-state index contributed by atoms with van der Waals surface area (Å²) in [4.78, 5) is 9.09. The van der Waals surface area contributed by atoms with Crippen molar-refractivity contribution in [1.82, 2.24) is 0 Å². The Balaban J connectivity index is 3.26. The molecule has 1 aliphatic carbocycles. The van der Waals surface area contributed by atoms with Gasteiger partial charge in [-0.05, 0) is 59.8 Å². The van der Waals surface area contributed by atoms with E-state index in [4.69, 9.17) is 11.6 Å². The van der Waals surface area contributed by atoms with Crippen LogP contribution in [0.15, 0.2) is 44.5 Å². The van der Waals surface area contributed by atoms with E-state index < -0.39 is 0 Å². The topological polar surface area (TPSA) is 24.7 Å². The zero-order chi connectivity index (χ0) is 16.0. The SMILES string of the molecule is C=C(C)N=C(/C(C=NC(C)C)=C(/C)CC1CC1)/C(Cl)=C\C. The predicted molar refractivity (Wildman–Crippen MR) is 95.5 cm³/mol. The second kappa shape index (κ2) is 8.33. The van der Waals surface area contributed by atoms with Gasteiger partial charge in [0, 0.05) is 23.5 Å². The molecule has 116 valence electrons. The maximum absolute atomic E-state index is 6.38. The zero-order valence-electron chi connectivity index (χ0n) is 13.9. The Kier molecular flexibility index (Phi) is 7.10. The van der Waals surface area contributed by atoms with Crippen LogP contribution in [0.2, 0.25) is 0 Å². The molecule has 1 aliphatic rings. The molecule has 21 heavy (non-hydrogen) atoms. The minimum Gasteiger partial charge on any atom is -0.290 e. The Hall–Kier alpha value is -1.15. The molecule has 0 heterocycles. The van der Waals surface area contributed by atoms with E-state index in [1.807, 2.05) is 26.1 Å². The highest BCUT2D eigenvalue weighted by molar-refractivity contribution is 6.48. The highest BCUT2D eigenvalue weighted by Crippen LogP contribution is 2.36. The normalized spacial score (nSPS) is 18.4. The second-order valence-electron chi connectivity index (χ2n) is 6.05. The van der Waals surface area contributed by atoms with Crippen LogP contribution in [0.5, 0.6) is 0 Å². The van der Waals surface area contributed by atoms with Gasteiger partial charge in [0.15, 0.2) is 0 Å². The lowest BCUT2D eigenvalue weighted by atomic mass is 10.00.